The van der Waals surface area contributed by atoms with Crippen molar-refractivity contribution in [2.45, 2.75) is 13.2 Å². The second kappa shape index (κ2) is 6.55. The van der Waals surface area contributed by atoms with Gasteiger partial charge in [-0.3, -0.25) is 0 Å². The van der Waals surface area contributed by atoms with Crippen molar-refractivity contribution in [3.8, 4) is 5.75 Å². The van der Waals surface area contributed by atoms with Crippen LogP contribution in [0.1, 0.15) is 11.1 Å². The van der Waals surface area contributed by atoms with E-state index >= 15 is 0 Å². The maximum absolute atomic E-state index is 13.6. The van der Waals surface area contributed by atoms with Crippen molar-refractivity contribution in [1.29, 1.82) is 0 Å². The van der Waals surface area contributed by atoms with Crippen molar-refractivity contribution >= 4 is 11.6 Å². The molecule has 2 nitrogen and oxygen atoms in total. The molecule has 0 aromatic heterocycles. The molecule has 0 bridgehead atoms. The average molecular weight is 280 g/mol. The van der Waals surface area contributed by atoms with Crippen LogP contribution in [-0.2, 0) is 13.2 Å². The first-order valence-corrected chi connectivity index (χ1v) is 6.37. The molecule has 100 valence electrons. The molecule has 0 aliphatic heterocycles. The zero-order valence-electron chi connectivity index (χ0n) is 10.6. The van der Waals surface area contributed by atoms with Crippen LogP contribution in [0.25, 0.3) is 0 Å². The summed E-state index contributed by atoms with van der Waals surface area (Å²) in [7, 11) is 1.89. The maximum atomic E-state index is 13.6. The van der Waals surface area contributed by atoms with Crippen LogP contribution in [0.15, 0.2) is 42.5 Å². The van der Waals surface area contributed by atoms with Gasteiger partial charge in [-0.1, -0.05) is 29.8 Å². The van der Waals surface area contributed by atoms with E-state index in [2.05, 4.69) is 5.32 Å². The molecular formula is C15H15ClFNO. The zero-order valence-corrected chi connectivity index (χ0v) is 11.4. The number of halogens is 2. The molecule has 0 radical (unpaired) electrons. The first kappa shape index (κ1) is 13.8. The Hall–Kier alpha value is -1.58. The Morgan fingerprint density at radius 2 is 2.05 bits per heavy atom. The van der Waals surface area contributed by atoms with Crippen molar-refractivity contribution < 1.29 is 9.13 Å². The predicted molar refractivity (Wildman–Crippen MR) is 74.9 cm³/mol. The first-order chi connectivity index (χ1) is 9.19. The summed E-state index contributed by atoms with van der Waals surface area (Å²) in [5.41, 5.74) is 1.61. The zero-order chi connectivity index (χ0) is 13.7. The summed E-state index contributed by atoms with van der Waals surface area (Å²) in [6.07, 6.45) is 0. The lowest BCUT2D eigenvalue weighted by atomic mass is 10.2. The van der Waals surface area contributed by atoms with Crippen LogP contribution in [0, 0.1) is 5.82 Å². The van der Waals surface area contributed by atoms with Gasteiger partial charge in [0.1, 0.15) is 18.2 Å². The van der Waals surface area contributed by atoms with Crippen LogP contribution >= 0.6 is 11.6 Å². The van der Waals surface area contributed by atoms with Crippen molar-refractivity contribution in [2.24, 2.45) is 0 Å². The number of hydrogen-bond acceptors (Lipinski definition) is 2. The van der Waals surface area contributed by atoms with Crippen molar-refractivity contribution in [3.63, 3.8) is 0 Å². The highest BCUT2D eigenvalue weighted by atomic mass is 35.5. The standard InChI is InChI=1S/C15H15ClFNO/c1-18-9-11-3-2-4-14(7-11)19-10-12-5-6-13(16)8-15(12)17/h2-8,18H,9-10H2,1H3. The molecule has 2 rings (SSSR count). The van der Waals surface area contributed by atoms with Gasteiger partial charge in [-0.05, 0) is 36.9 Å². The summed E-state index contributed by atoms with van der Waals surface area (Å²) in [6, 6.07) is 12.3. The molecule has 0 amide bonds. The summed E-state index contributed by atoms with van der Waals surface area (Å²) >= 11 is 5.70. The lowest BCUT2D eigenvalue weighted by Gasteiger charge is -2.09. The molecule has 0 saturated carbocycles. The highest BCUT2D eigenvalue weighted by molar-refractivity contribution is 6.30. The molecule has 1 N–H and O–H groups in total. The van der Waals surface area contributed by atoms with Gasteiger partial charge < -0.3 is 10.1 Å². The SMILES string of the molecule is CNCc1cccc(OCc2ccc(Cl)cc2F)c1. The van der Waals surface area contributed by atoms with Gasteiger partial charge in [0.25, 0.3) is 0 Å². The van der Waals surface area contributed by atoms with E-state index in [-0.39, 0.29) is 12.4 Å². The summed E-state index contributed by atoms with van der Waals surface area (Å²) in [5, 5.41) is 3.46. The highest BCUT2D eigenvalue weighted by Crippen LogP contribution is 2.18. The number of nitrogens with one attached hydrogen (secondary N) is 1. The minimum absolute atomic E-state index is 0.187. The maximum Gasteiger partial charge on any atom is 0.131 e. The summed E-state index contributed by atoms with van der Waals surface area (Å²) in [6.45, 7) is 0.957. The molecule has 0 saturated heterocycles. The Morgan fingerprint density at radius 3 is 2.79 bits per heavy atom. The molecule has 0 atom stereocenters. The van der Waals surface area contributed by atoms with Crippen molar-refractivity contribution in [1.82, 2.24) is 5.32 Å². The van der Waals surface area contributed by atoms with Gasteiger partial charge >= 0.3 is 0 Å². The van der Waals surface area contributed by atoms with Gasteiger partial charge in [0, 0.05) is 17.1 Å². The second-order valence-electron chi connectivity index (χ2n) is 4.20. The Kier molecular flexibility index (Phi) is 4.77. The van der Waals surface area contributed by atoms with Crippen LogP contribution in [0.3, 0.4) is 0 Å². The number of ether oxygens (including phenoxy) is 1. The van der Waals surface area contributed by atoms with Gasteiger partial charge in [-0.25, -0.2) is 4.39 Å². The number of benzene rings is 2. The third kappa shape index (κ3) is 3.94. The Morgan fingerprint density at radius 1 is 1.21 bits per heavy atom. The van der Waals surface area contributed by atoms with Crippen molar-refractivity contribution in [3.05, 3.63) is 64.4 Å². The van der Waals surface area contributed by atoms with Crippen LogP contribution in [0.2, 0.25) is 5.02 Å². The molecule has 0 aliphatic rings. The highest BCUT2D eigenvalue weighted by Gasteiger charge is 2.04. The molecule has 4 heteroatoms. The summed E-state index contributed by atoms with van der Waals surface area (Å²) < 4.78 is 19.2. The largest absolute Gasteiger partial charge is 0.489 e. The smallest absolute Gasteiger partial charge is 0.131 e. The molecule has 0 fully saturated rings. The average Bonchev–Trinajstić information content (AvgIpc) is 2.38. The van der Waals surface area contributed by atoms with Gasteiger partial charge in [0.2, 0.25) is 0 Å². The summed E-state index contributed by atoms with van der Waals surface area (Å²) in [4.78, 5) is 0. The Balaban J connectivity index is 2.03. The quantitative estimate of drug-likeness (QED) is 0.899. The third-order valence-electron chi connectivity index (χ3n) is 2.69. The third-order valence-corrected chi connectivity index (χ3v) is 2.92. The lowest BCUT2D eigenvalue weighted by molar-refractivity contribution is 0.299. The molecule has 0 unspecified atom stereocenters. The van der Waals surface area contributed by atoms with E-state index in [0.29, 0.717) is 10.6 Å². The van der Waals surface area contributed by atoms with Crippen molar-refractivity contribution in [2.75, 3.05) is 7.05 Å². The fourth-order valence-corrected chi connectivity index (χ4v) is 1.91. The molecule has 0 heterocycles. The van der Waals surface area contributed by atoms with Crippen LogP contribution in [-0.4, -0.2) is 7.05 Å². The van der Waals surface area contributed by atoms with E-state index in [9.17, 15) is 4.39 Å². The summed E-state index contributed by atoms with van der Waals surface area (Å²) in [5.74, 6) is 0.376. The fraction of sp³-hybridized carbons (Fsp3) is 0.200. The van der Waals surface area contributed by atoms with Crippen LogP contribution < -0.4 is 10.1 Å². The molecule has 2 aromatic rings. The van der Waals surface area contributed by atoms with Crippen LogP contribution in [0.4, 0.5) is 4.39 Å². The normalized spacial score (nSPS) is 10.5. The van der Waals surface area contributed by atoms with Crippen LogP contribution in [0.5, 0.6) is 5.75 Å². The van der Waals surface area contributed by atoms with Gasteiger partial charge in [0.15, 0.2) is 0 Å². The molecule has 2 aromatic carbocycles. The minimum Gasteiger partial charge on any atom is -0.489 e. The Labute approximate surface area is 117 Å². The molecule has 0 spiro atoms. The number of hydrogen-bond donors (Lipinski definition) is 1. The topological polar surface area (TPSA) is 21.3 Å². The number of rotatable bonds is 5. The van der Waals surface area contributed by atoms with E-state index in [1.807, 2.05) is 31.3 Å². The van der Waals surface area contributed by atoms with Gasteiger partial charge in [0.05, 0.1) is 0 Å². The second-order valence-corrected chi connectivity index (χ2v) is 4.64. The predicted octanol–water partition coefficient (Wildman–Crippen LogP) is 3.78. The van der Waals surface area contributed by atoms with E-state index in [4.69, 9.17) is 16.3 Å². The molecule has 0 aliphatic carbocycles. The monoisotopic (exact) mass is 279 g/mol. The van der Waals surface area contributed by atoms with E-state index in [0.717, 1.165) is 17.9 Å². The van der Waals surface area contributed by atoms with Gasteiger partial charge in [-0.2, -0.15) is 0 Å². The fourth-order valence-electron chi connectivity index (χ4n) is 1.75. The molecule has 19 heavy (non-hydrogen) atoms. The van der Waals surface area contributed by atoms with E-state index in [1.54, 1.807) is 12.1 Å². The Bertz CT molecular complexity index is 560. The minimum atomic E-state index is -0.348. The first-order valence-electron chi connectivity index (χ1n) is 5.99. The molecular weight excluding hydrogens is 265 g/mol. The lowest BCUT2D eigenvalue weighted by Crippen LogP contribution is -2.05. The van der Waals surface area contributed by atoms with E-state index in [1.165, 1.54) is 6.07 Å². The van der Waals surface area contributed by atoms with E-state index < -0.39 is 0 Å². The van der Waals surface area contributed by atoms with Gasteiger partial charge in [-0.15, -0.1) is 0 Å².